The summed E-state index contributed by atoms with van der Waals surface area (Å²) in [5, 5.41) is 9.98. The number of aliphatic hydroxyl groups excluding tert-OH is 1. The van der Waals surface area contributed by atoms with Crippen molar-refractivity contribution >= 4 is 11.6 Å². The number of rotatable bonds is 3. The van der Waals surface area contributed by atoms with Crippen molar-refractivity contribution in [1.82, 2.24) is 9.80 Å². The second kappa shape index (κ2) is 7.16. The molecule has 3 heterocycles. The van der Waals surface area contributed by atoms with E-state index in [9.17, 15) is 14.3 Å². The number of piperazine rings is 1. The summed E-state index contributed by atoms with van der Waals surface area (Å²) >= 11 is 0. The Morgan fingerprint density at radius 3 is 2.23 bits per heavy atom. The van der Waals surface area contributed by atoms with E-state index >= 15 is 0 Å². The second-order valence-corrected chi connectivity index (χ2v) is 7.92. The predicted molar refractivity (Wildman–Crippen MR) is 98.5 cm³/mol. The highest BCUT2D eigenvalue weighted by Gasteiger charge is 2.44. The summed E-state index contributed by atoms with van der Waals surface area (Å²) in [6, 6.07) is 7.15. The van der Waals surface area contributed by atoms with Crippen molar-refractivity contribution in [1.29, 1.82) is 0 Å². The van der Waals surface area contributed by atoms with Gasteiger partial charge in [-0.3, -0.25) is 9.69 Å². The third-order valence-electron chi connectivity index (χ3n) is 6.35. The molecule has 4 atom stereocenters. The Balaban J connectivity index is 1.35. The summed E-state index contributed by atoms with van der Waals surface area (Å²) in [7, 11) is 0. The SMILES string of the molecule is CC(C(=O)N1CCN(c2ccc(F)cc2)CC1)N1[C@@H]2CC[C@H]1CC(O)C2. The number of halogens is 1. The molecular formula is C20H28FN3O2. The minimum atomic E-state index is -0.224. The number of amides is 1. The summed E-state index contributed by atoms with van der Waals surface area (Å²) in [5.41, 5.74) is 1.01. The average molecular weight is 361 g/mol. The molecule has 26 heavy (non-hydrogen) atoms. The van der Waals surface area contributed by atoms with Crippen LogP contribution in [-0.4, -0.2) is 71.2 Å². The summed E-state index contributed by atoms with van der Waals surface area (Å²) in [4.78, 5) is 19.6. The molecule has 1 aromatic rings. The van der Waals surface area contributed by atoms with E-state index in [-0.39, 0.29) is 23.9 Å². The van der Waals surface area contributed by atoms with E-state index in [1.54, 1.807) is 12.1 Å². The molecule has 3 aliphatic heterocycles. The highest BCUT2D eigenvalue weighted by molar-refractivity contribution is 5.82. The Morgan fingerprint density at radius 2 is 1.65 bits per heavy atom. The first kappa shape index (κ1) is 17.7. The number of fused-ring (bicyclic) bond motifs is 2. The lowest BCUT2D eigenvalue weighted by Gasteiger charge is -2.43. The van der Waals surface area contributed by atoms with Gasteiger partial charge in [-0.25, -0.2) is 4.39 Å². The van der Waals surface area contributed by atoms with Crippen LogP contribution >= 0.6 is 0 Å². The van der Waals surface area contributed by atoms with Gasteiger partial charge in [0.25, 0.3) is 0 Å². The summed E-state index contributed by atoms with van der Waals surface area (Å²) < 4.78 is 13.1. The quantitative estimate of drug-likeness (QED) is 0.893. The van der Waals surface area contributed by atoms with Gasteiger partial charge in [-0.1, -0.05) is 0 Å². The number of aliphatic hydroxyl groups is 1. The fourth-order valence-electron chi connectivity index (χ4n) is 5.05. The zero-order chi connectivity index (χ0) is 18.3. The maximum Gasteiger partial charge on any atom is 0.239 e. The van der Waals surface area contributed by atoms with Crippen LogP contribution in [0.25, 0.3) is 0 Å². The van der Waals surface area contributed by atoms with Crippen molar-refractivity contribution in [3.63, 3.8) is 0 Å². The van der Waals surface area contributed by atoms with Crippen LogP contribution in [0, 0.1) is 5.82 Å². The van der Waals surface area contributed by atoms with Gasteiger partial charge in [0.15, 0.2) is 0 Å². The van der Waals surface area contributed by atoms with Gasteiger partial charge >= 0.3 is 0 Å². The van der Waals surface area contributed by atoms with Crippen LogP contribution in [0.4, 0.5) is 10.1 Å². The van der Waals surface area contributed by atoms with Crippen LogP contribution in [0.15, 0.2) is 24.3 Å². The van der Waals surface area contributed by atoms with Gasteiger partial charge in [0.05, 0.1) is 12.1 Å². The molecule has 1 amide bonds. The summed E-state index contributed by atoms with van der Waals surface area (Å²) in [6.45, 7) is 4.97. The molecule has 3 aliphatic rings. The molecule has 4 rings (SSSR count). The van der Waals surface area contributed by atoms with Gasteiger partial charge in [-0.15, -0.1) is 0 Å². The average Bonchev–Trinajstić information content (AvgIpc) is 2.92. The van der Waals surface area contributed by atoms with Gasteiger partial charge in [0.2, 0.25) is 5.91 Å². The largest absolute Gasteiger partial charge is 0.393 e. The van der Waals surface area contributed by atoms with Gasteiger partial charge in [0, 0.05) is 44.0 Å². The number of nitrogens with zero attached hydrogens (tertiary/aromatic N) is 3. The van der Waals surface area contributed by atoms with Crippen LogP contribution in [0.5, 0.6) is 0 Å². The van der Waals surface area contributed by atoms with Gasteiger partial charge < -0.3 is 14.9 Å². The molecule has 5 nitrogen and oxygen atoms in total. The molecular weight excluding hydrogens is 333 g/mol. The first-order valence-corrected chi connectivity index (χ1v) is 9.77. The highest BCUT2D eigenvalue weighted by Crippen LogP contribution is 2.37. The molecule has 0 saturated carbocycles. The summed E-state index contributed by atoms with van der Waals surface area (Å²) in [6.07, 6.45) is 3.58. The fourth-order valence-corrected chi connectivity index (χ4v) is 5.05. The van der Waals surface area contributed by atoms with E-state index in [2.05, 4.69) is 9.80 Å². The van der Waals surface area contributed by atoms with Crippen LogP contribution in [0.1, 0.15) is 32.6 Å². The number of piperidine rings is 1. The third-order valence-corrected chi connectivity index (χ3v) is 6.35. The Bertz CT molecular complexity index is 631. The number of hydrogen-bond donors (Lipinski definition) is 1. The van der Waals surface area contributed by atoms with Crippen molar-refractivity contribution in [2.75, 3.05) is 31.1 Å². The lowest BCUT2D eigenvalue weighted by molar-refractivity contribution is -0.139. The Kier molecular flexibility index (Phi) is 4.88. The topological polar surface area (TPSA) is 47.0 Å². The monoisotopic (exact) mass is 361 g/mol. The molecule has 1 N–H and O–H groups in total. The van der Waals surface area contributed by atoms with E-state index in [4.69, 9.17) is 0 Å². The van der Waals surface area contributed by atoms with Crippen molar-refractivity contribution in [2.24, 2.45) is 0 Å². The molecule has 142 valence electrons. The van der Waals surface area contributed by atoms with E-state index < -0.39 is 0 Å². The number of carbonyl (C=O) groups is 1. The molecule has 0 aromatic heterocycles. The zero-order valence-corrected chi connectivity index (χ0v) is 15.4. The first-order valence-electron chi connectivity index (χ1n) is 9.77. The van der Waals surface area contributed by atoms with E-state index in [1.165, 1.54) is 12.1 Å². The van der Waals surface area contributed by atoms with Gasteiger partial charge in [0.1, 0.15) is 5.82 Å². The van der Waals surface area contributed by atoms with Crippen LogP contribution in [-0.2, 0) is 4.79 Å². The minimum Gasteiger partial charge on any atom is -0.393 e. The standard InChI is InChI=1S/C20H28FN3O2/c1-14(24-17-6-7-18(24)13-19(25)12-17)20(26)23-10-8-22(9-11-23)16-4-2-15(21)3-5-16/h2-5,14,17-19,25H,6-13H2,1H3/t14?,17-,18+,19?. The van der Waals surface area contributed by atoms with Gasteiger partial charge in [-0.2, -0.15) is 0 Å². The maximum atomic E-state index is 13.1. The molecule has 0 spiro atoms. The van der Waals surface area contributed by atoms with Crippen LogP contribution in [0.2, 0.25) is 0 Å². The lowest BCUT2D eigenvalue weighted by atomic mass is 9.97. The second-order valence-electron chi connectivity index (χ2n) is 7.92. The molecule has 2 bridgehead atoms. The molecule has 3 fully saturated rings. The molecule has 2 unspecified atom stereocenters. The van der Waals surface area contributed by atoms with E-state index in [1.807, 2.05) is 11.8 Å². The fraction of sp³-hybridized carbons (Fsp3) is 0.650. The van der Waals surface area contributed by atoms with E-state index in [0.717, 1.165) is 44.5 Å². The highest BCUT2D eigenvalue weighted by atomic mass is 19.1. The molecule has 0 radical (unpaired) electrons. The van der Waals surface area contributed by atoms with Crippen LogP contribution in [0.3, 0.4) is 0 Å². The number of hydrogen-bond acceptors (Lipinski definition) is 4. The number of benzene rings is 1. The van der Waals surface area contributed by atoms with Crippen molar-refractivity contribution < 1.29 is 14.3 Å². The predicted octanol–water partition coefficient (Wildman–Crippen LogP) is 1.85. The molecule has 3 saturated heterocycles. The molecule has 6 heteroatoms. The minimum absolute atomic E-state index is 0.114. The lowest BCUT2D eigenvalue weighted by Crippen LogP contribution is -2.58. The van der Waals surface area contributed by atoms with Crippen molar-refractivity contribution in [3.8, 4) is 0 Å². The van der Waals surface area contributed by atoms with Crippen LogP contribution < -0.4 is 4.90 Å². The Hall–Kier alpha value is -1.66. The summed E-state index contributed by atoms with van der Waals surface area (Å²) in [5.74, 6) is -0.0188. The Labute approximate surface area is 154 Å². The normalized spacial score (nSPS) is 30.5. The van der Waals surface area contributed by atoms with Crippen molar-refractivity contribution in [3.05, 3.63) is 30.1 Å². The Morgan fingerprint density at radius 1 is 1.08 bits per heavy atom. The number of carbonyl (C=O) groups excluding carboxylic acids is 1. The van der Waals surface area contributed by atoms with Crippen molar-refractivity contribution in [2.45, 2.75) is 56.8 Å². The zero-order valence-electron chi connectivity index (χ0n) is 15.4. The third kappa shape index (κ3) is 3.32. The van der Waals surface area contributed by atoms with E-state index in [0.29, 0.717) is 25.2 Å². The first-order chi connectivity index (χ1) is 12.5. The molecule has 1 aromatic carbocycles. The maximum absolute atomic E-state index is 13.1. The van der Waals surface area contributed by atoms with Gasteiger partial charge in [-0.05, 0) is 56.9 Å². The number of anilines is 1. The molecule has 0 aliphatic carbocycles. The smallest absolute Gasteiger partial charge is 0.239 e.